The lowest BCUT2D eigenvalue weighted by Crippen LogP contribution is -2.54. The number of carbonyl (C=O) groups is 1. The Kier molecular flexibility index (Phi) is 4.29. The molecule has 1 aromatic heterocycles. The maximum absolute atomic E-state index is 13.0. The number of amides is 1. The summed E-state index contributed by atoms with van der Waals surface area (Å²) >= 11 is 0. The zero-order valence-electron chi connectivity index (χ0n) is 15.1. The Morgan fingerprint density at radius 3 is 2.84 bits per heavy atom. The lowest BCUT2D eigenvalue weighted by atomic mass is 9.98. The van der Waals surface area contributed by atoms with Crippen molar-refractivity contribution in [3.05, 3.63) is 36.0 Å². The number of hydrogen-bond acceptors (Lipinski definition) is 3. The van der Waals surface area contributed by atoms with Crippen LogP contribution < -0.4 is 0 Å². The molecule has 25 heavy (non-hydrogen) atoms. The monoisotopic (exact) mass is 341 g/mol. The van der Waals surface area contributed by atoms with Gasteiger partial charge in [0.05, 0.1) is 6.10 Å². The molecule has 1 N–H and O–H groups in total. The number of nitrogens with zero attached hydrogens (tertiary/aromatic N) is 2. The van der Waals surface area contributed by atoms with E-state index >= 15 is 0 Å². The SMILES string of the molecule is CC1CN(C(=O)CCc2cc3ccccc3[nH]2)C2(CCN(C)CC2)O1. The van der Waals surface area contributed by atoms with Crippen molar-refractivity contribution >= 4 is 16.8 Å². The van der Waals surface area contributed by atoms with E-state index in [1.54, 1.807) is 0 Å². The van der Waals surface area contributed by atoms with Crippen LogP contribution in [-0.2, 0) is 16.0 Å². The molecule has 0 bridgehead atoms. The Morgan fingerprint density at radius 2 is 2.08 bits per heavy atom. The Bertz CT molecular complexity index is 728. The fourth-order valence-electron chi connectivity index (χ4n) is 4.23. The van der Waals surface area contributed by atoms with Crippen molar-refractivity contribution in [1.29, 1.82) is 0 Å². The summed E-state index contributed by atoms with van der Waals surface area (Å²) in [5.41, 5.74) is 1.89. The molecule has 1 aromatic carbocycles. The van der Waals surface area contributed by atoms with Crippen LogP contribution in [0.2, 0.25) is 0 Å². The molecule has 1 atom stereocenters. The van der Waals surface area contributed by atoms with E-state index in [0.717, 1.165) is 50.1 Å². The lowest BCUT2D eigenvalue weighted by Gasteiger charge is -2.42. The highest BCUT2D eigenvalue weighted by Gasteiger charge is 2.48. The van der Waals surface area contributed by atoms with Gasteiger partial charge in [-0.2, -0.15) is 0 Å². The minimum atomic E-state index is -0.372. The van der Waals surface area contributed by atoms with Gasteiger partial charge in [0.25, 0.3) is 0 Å². The molecule has 0 aliphatic carbocycles. The highest BCUT2D eigenvalue weighted by atomic mass is 16.5. The Labute approximate surface area is 148 Å². The van der Waals surface area contributed by atoms with E-state index in [1.165, 1.54) is 5.39 Å². The van der Waals surface area contributed by atoms with Crippen LogP contribution in [0.1, 0.15) is 31.9 Å². The lowest BCUT2D eigenvalue weighted by molar-refractivity contribution is -0.161. The highest BCUT2D eigenvalue weighted by molar-refractivity contribution is 5.81. The number of ether oxygens (including phenoxy) is 1. The van der Waals surface area contributed by atoms with Crippen LogP contribution in [0.25, 0.3) is 10.9 Å². The summed E-state index contributed by atoms with van der Waals surface area (Å²) in [6, 6.07) is 10.4. The van der Waals surface area contributed by atoms with E-state index in [4.69, 9.17) is 4.74 Å². The number of rotatable bonds is 3. The zero-order chi connectivity index (χ0) is 17.4. The van der Waals surface area contributed by atoms with E-state index in [-0.39, 0.29) is 17.7 Å². The summed E-state index contributed by atoms with van der Waals surface area (Å²) in [7, 11) is 2.13. The van der Waals surface area contributed by atoms with Gasteiger partial charge in [-0.15, -0.1) is 0 Å². The van der Waals surface area contributed by atoms with E-state index in [0.29, 0.717) is 6.42 Å². The van der Waals surface area contributed by atoms with E-state index in [9.17, 15) is 4.79 Å². The van der Waals surface area contributed by atoms with Gasteiger partial charge in [0.15, 0.2) is 0 Å². The number of H-pyrrole nitrogens is 1. The van der Waals surface area contributed by atoms with Crippen molar-refractivity contribution in [2.24, 2.45) is 0 Å². The molecule has 1 unspecified atom stereocenters. The summed E-state index contributed by atoms with van der Waals surface area (Å²) in [5, 5.41) is 1.20. The van der Waals surface area contributed by atoms with Crippen molar-refractivity contribution in [3.63, 3.8) is 0 Å². The molecule has 2 aliphatic heterocycles. The van der Waals surface area contributed by atoms with E-state index in [1.807, 2.05) is 17.0 Å². The quantitative estimate of drug-likeness (QED) is 0.934. The van der Waals surface area contributed by atoms with Crippen molar-refractivity contribution in [1.82, 2.24) is 14.8 Å². The van der Waals surface area contributed by atoms with Crippen LogP contribution >= 0.6 is 0 Å². The maximum Gasteiger partial charge on any atom is 0.225 e. The third kappa shape index (κ3) is 3.18. The second-order valence-corrected chi connectivity index (χ2v) is 7.56. The molecule has 2 fully saturated rings. The summed E-state index contributed by atoms with van der Waals surface area (Å²) < 4.78 is 6.24. The Morgan fingerprint density at radius 1 is 1.32 bits per heavy atom. The van der Waals surface area contributed by atoms with E-state index in [2.05, 4.69) is 42.1 Å². The summed E-state index contributed by atoms with van der Waals surface area (Å²) in [5.74, 6) is 0.215. The van der Waals surface area contributed by atoms with Gasteiger partial charge in [-0.3, -0.25) is 4.79 Å². The van der Waals surface area contributed by atoms with Crippen molar-refractivity contribution in [3.8, 4) is 0 Å². The topological polar surface area (TPSA) is 48.6 Å². The minimum Gasteiger partial charge on any atom is -0.358 e. The molecule has 2 aliphatic rings. The zero-order valence-corrected chi connectivity index (χ0v) is 15.1. The molecular formula is C20H27N3O2. The maximum atomic E-state index is 13.0. The number of carbonyl (C=O) groups excluding carboxylic acids is 1. The molecule has 5 nitrogen and oxygen atoms in total. The number of aryl methyl sites for hydroxylation is 1. The third-order valence-electron chi connectivity index (χ3n) is 5.62. The highest BCUT2D eigenvalue weighted by Crippen LogP contribution is 2.37. The first-order chi connectivity index (χ1) is 12.1. The van der Waals surface area contributed by atoms with Gasteiger partial charge in [0, 0.05) is 50.1 Å². The fraction of sp³-hybridized carbons (Fsp3) is 0.550. The number of hydrogen-bond donors (Lipinski definition) is 1. The molecule has 2 aromatic rings. The molecule has 0 saturated carbocycles. The summed E-state index contributed by atoms with van der Waals surface area (Å²) in [4.78, 5) is 20.7. The van der Waals surface area contributed by atoms with Gasteiger partial charge in [0.1, 0.15) is 5.72 Å². The standard InChI is InChI=1S/C20H27N3O2/c1-15-14-23(20(25-15)9-11-22(2)12-10-20)19(24)8-7-17-13-16-5-3-4-6-18(16)21-17/h3-6,13,15,21H,7-12,14H2,1-2H3. The number of para-hydroxylation sites is 1. The summed E-state index contributed by atoms with van der Waals surface area (Å²) in [6.07, 6.45) is 3.22. The first-order valence-corrected chi connectivity index (χ1v) is 9.29. The van der Waals surface area contributed by atoms with Gasteiger partial charge in [-0.1, -0.05) is 18.2 Å². The summed E-state index contributed by atoms with van der Waals surface area (Å²) in [6.45, 7) is 4.76. The average Bonchev–Trinajstić information content (AvgIpc) is 3.16. The predicted octanol–water partition coefficient (Wildman–Crippen LogP) is 2.77. The second-order valence-electron chi connectivity index (χ2n) is 7.56. The van der Waals surface area contributed by atoms with Crippen LogP contribution in [0.3, 0.4) is 0 Å². The number of piperidine rings is 1. The number of likely N-dealkylation sites (tertiary alicyclic amines) is 1. The molecule has 134 valence electrons. The predicted molar refractivity (Wildman–Crippen MR) is 98.3 cm³/mol. The molecule has 3 heterocycles. The second kappa shape index (κ2) is 6.46. The van der Waals surface area contributed by atoms with Crippen LogP contribution in [0.15, 0.2) is 30.3 Å². The fourth-order valence-corrected chi connectivity index (χ4v) is 4.23. The van der Waals surface area contributed by atoms with Crippen LogP contribution in [0.4, 0.5) is 0 Å². The van der Waals surface area contributed by atoms with E-state index < -0.39 is 0 Å². The van der Waals surface area contributed by atoms with Crippen molar-refractivity contribution in [2.75, 3.05) is 26.7 Å². The molecule has 1 amide bonds. The molecular weight excluding hydrogens is 314 g/mol. The first-order valence-electron chi connectivity index (χ1n) is 9.29. The van der Waals surface area contributed by atoms with Gasteiger partial charge >= 0.3 is 0 Å². The third-order valence-corrected chi connectivity index (χ3v) is 5.62. The van der Waals surface area contributed by atoms with Crippen molar-refractivity contribution in [2.45, 2.75) is 44.4 Å². The average molecular weight is 341 g/mol. The molecule has 4 rings (SSSR count). The Balaban J connectivity index is 1.44. The molecule has 2 saturated heterocycles. The normalized spacial score (nSPS) is 23.6. The van der Waals surface area contributed by atoms with Crippen LogP contribution in [0.5, 0.6) is 0 Å². The number of aromatic amines is 1. The van der Waals surface area contributed by atoms with Gasteiger partial charge in [-0.25, -0.2) is 0 Å². The first kappa shape index (κ1) is 16.6. The van der Waals surface area contributed by atoms with Gasteiger partial charge < -0.3 is 19.5 Å². The largest absolute Gasteiger partial charge is 0.358 e. The van der Waals surface area contributed by atoms with Gasteiger partial charge in [0.2, 0.25) is 5.91 Å². The smallest absolute Gasteiger partial charge is 0.225 e. The van der Waals surface area contributed by atoms with Crippen LogP contribution in [-0.4, -0.2) is 59.2 Å². The number of nitrogens with one attached hydrogen (secondary N) is 1. The Hall–Kier alpha value is -1.85. The molecule has 5 heteroatoms. The van der Waals surface area contributed by atoms with Gasteiger partial charge in [-0.05, 0) is 37.9 Å². The number of aromatic nitrogens is 1. The number of fused-ring (bicyclic) bond motifs is 1. The van der Waals surface area contributed by atoms with Crippen LogP contribution in [0, 0.1) is 0 Å². The molecule has 1 spiro atoms. The van der Waals surface area contributed by atoms with Crippen molar-refractivity contribution < 1.29 is 9.53 Å². The number of benzene rings is 1. The molecule has 0 radical (unpaired) electrons. The minimum absolute atomic E-state index is 0.125.